The summed E-state index contributed by atoms with van der Waals surface area (Å²) >= 11 is 4.50. The zero-order chi connectivity index (χ0) is 23.6. The second kappa shape index (κ2) is 9.72. The normalized spacial score (nSPS) is 20.4. The summed E-state index contributed by atoms with van der Waals surface area (Å²) in [6, 6.07) is 2.53. The average molecular weight is 533 g/mol. The molecule has 1 aromatic rings. The highest BCUT2D eigenvalue weighted by Gasteiger charge is 2.40. The monoisotopic (exact) mass is 531 g/mol. The van der Waals surface area contributed by atoms with E-state index in [9.17, 15) is 14.3 Å². The number of ether oxygens (including phenoxy) is 1. The third-order valence-electron chi connectivity index (χ3n) is 4.76. The summed E-state index contributed by atoms with van der Waals surface area (Å²) in [5, 5.41) is 12.1. The quantitative estimate of drug-likeness (QED) is 0.256. The summed E-state index contributed by atoms with van der Waals surface area (Å²) in [7, 11) is -1.35. The van der Waals surface area contributed by atoms with E-state index in [1.807, 2.05) is 20.8 Å². The van der Waals surface area contributed by atoms with E-state index in [1.165, 1.54) is 22.9 Å². The van der Waals surface area contributed by atoms with Crippen molar-refractivity contribution in [3.63, 3.8) is 0 Å². The first-order valence-corrected chi connectivity index (χ1v) is 15.4. The Morgan fingerprint density at radius 1 is 1.42 bits per heavy atom. The largest absolute Gasteiger partial charge is 0.465 e. The molecule has 10 heteroatoms. The first-order valence-electron chi connectivity index (χ1n) is 10.0. The van der Waals surface area contributed by atoms with Gasteiger partial charge >= 0.3 is 6.09 Å². The molecule has 0 saturated carbocycles. The first kappa shape index (κ1) is 26.0. The predicted octanol–water partition coefficient (Wildman–Crippen LogP) is 6.52. The Hall–Kier alpha value is -1.23. The topological polar surface area (TPSA) is 75.0 Å². The van der Waals surface area contributed by atoms with Crippen molar-refractivity contribution in [3.8, 4) is 0 Å². The third kappa shape index (κ3) is 6.87. The van der Waals surface area contributed by atoms with E-state index in [4.69, 9.17) is 4.74 Å². The predicted molar refractivity (Wildman–Crippen MR) is 131 cm³/mol. The maximum absolute atomic E-state index is 14.5. The molecule has 1 aromatic heterocycles. The van der Waals surface area contributed by atoms with Crippen LogP contribution in [0.2, 0.25) is 25.7 Å². The molecule has 6 nitrogen and oxygen atoms in total. The molecule has 1 N–H and O–H groups in total. The van der Waals surface area contributed by atoms with Crippen molar-refractivity contribution in [1.29, 1.82) is 0 Å². The molecule has 31 heavy (non-hydrogen) atoms. The average Bonchev–Trinajstić information content (AvgIpc) is 2.61. The lowest BCUT2D eigenvalue weighted by Crippen LogP contribution is -2.51. The van der Waals surface area contributed by atoms with Crippen LogP contribution in [0.1, 0.15) is 33.3 Å². The van der Waals surface area contributed by atoms with Crippen LogP contribution in [-0.4, -0.2) is 47.2 Å². The number of rotatable bonds is 6. The van der Waals surface area contributed by atoms with Crippen LogP contribution in [0.25, 0.3) is 0 Å². The van der Waals surface area contributed by atoms with Gasteiger partial charge < -0.3 is 9.84 Å². The van der Waals surface area contributed by atoms with Gasteiger partial charge in [-0.15, -0.1) is 0 Å². The van der Waals surface area contributed by atoms with E-state index < -0.39 is 37.3 Å². The van der Waals surface area contributed by atoms with E-state index >= 15 is 0 Å². The summed E-state index contributed by atoms with van der Waals surface area (Å²) in [4.78, 5) is 22.0. The number of thioether (sulfide) groups is 1. The highest BCUT2D eigenvalue weighted by molar-refractivity contribution is 9.10. The van der Waals surface area contributed by atoms with Crippen LogP contribution in [-0.2, 0) is 10.3 Å². The molecule has 2 rings (SSSR count). The van der Waals surface area contributed by atoms with Crippen LogP contribution in [0.4, 0.5) is 9.18 Å². The molecule has 0 fully saturated rings. The number of amides is 1. The van der Waals surface area contributed by atoms with Gasteiger partial charge in [-0.2, -0.15) is 4.39 Å². The molecule has 0 saturated heterocycles. The van der Waals surface area contributed by atoms with Gasteiger partial charge in [0.2, 0.25) is 5.95 Å². The maximum Gasteiger partial charge on any atom is 0.415 e. The highest BCUT2D eigenvalue weighted by Crippen LogP contribution is 2.38. The summed E-state index contributed by atoms with van der Waals surface area (Å²) in [5.41, 5.74) is -1.34. The molecule has 1 aliphatic rings. The van der Waals surface area contributed by atoms with E-state index in [0.29, 0.717) is 11.1 Å². The van der Waals surface area contributed by atoms with Gasteiger partial charge in [0.15, 0.2) is 5.17 Å². The van der Waals surface area contributed by atoms with Crippen molar-refractivity contribution in [3.05, 3.63) is 39.7 Å². The lowest BCUT2D eigenvalue weighted by molar-refractivity contribution is -0.0759. The van der Waals surface area contributed by atoms with Crippen molar-refractivity contribution >= 4 is 47.0 Å². The fourth-order valence-corrected chi connectivity index (χ4v) is 5.04. The molecule has 1 amide bonds. The fourth-order valence-electron chi connectivity index (χ4n) is 3.00. The van der Waals surface area contributed by atoms with Crippen LogP contribution >= 0.6 is 27.7 Å². The van der Waals surface area contributed by atoms with Crippen LogP contribution in [0.3, 0.4) is 0 Å². The number of carbonyl (C=O) groups is 1. The molecule has 0 aliphatic carbocycles. The Labute approximate surface area is 197 Å². The molecule has 0 bridgehead atoms. The van der Waals surface area contributed by atoms with Crippen molar-refractivity contribution < 1.29 is 19.0 Å². The number of nitrogens with zero attached hydrogens (tertiary/aromatic N) is 3. The Morgan fingerprint density at radius 3 is 2.61 bits per heavy atom. The second-order valence-corrected chi connectivity index (χ2v) is 17.4. The Bertz CT molecular complexity index is 886. The molecule has 1 unspecified atom stereocenters. The summed E-state index contributed by atoms with van der Waals surface area (Å²) in [6.45, 7) is 14.7. The van der Waals surface area contributed by atoms with Gasteiger partial charge in [0, 0.05) is 36.3 Å². The van der Waals surface area contributed by atoms with Gasteiger partial charge in [0.05, 0.1) is 0 Å². The van der Waals surface area contributed by atoms with Crippen molar-refractivity contribution in [2.24, 2.45) is 10.4 Å². The van der Waals surface area contributed by atoms with Gasteiger partial charge in [0.1, 0.15) is 11.8 Å². The number of pyridine rings is 1. The Balaban J connectivity index is 2.45. The van der Waals surface area contributed by atoms with E-state index in [0.717, 1.165) is 6.04 Å². The first-order chi connectivity index (χ1) is 14.1. The fraction of sp³-hybridized carbons (Fsp3) is 0.571. The van der Waals surface area contributed by atoms with Crippen LogP contribution < -0.4 is 0 Å². The van der Waals surface area contributed by atoms with Crippen molar-refractivity contribution in [2.75, 3.05) is 6.61 Å². The number of hydrogen-bond acceptors (Lipinski definition) is 5. The number of amidine groups is 1. The SMILES string of the molecule is CC1(c2cc(Br)cnc2F)C=CSC(N(C(=O)O)[C@@H](OCC[Si](C)(C)C)C(C)(C)C)=N1. The van der Waals surface area contributed by atoms with Crippen LogP contribution in [0, 0.1) is 11.4 Å². The van der Waals surface area contributed by atoms with Crippen molar-refractivity contribution in [2.45, 2.75) is 65.1 Å². The van der Waals surface area contributed by atoms with Crippen LogP contribution in [0.15, 0.2) is 33.2 Å². The van der Waals surface area contributed by atoms with Gasteiger partial charge in [-0.1, -0.05) is 52.2 Å². The minimum absolute atomic E-state index is 0.241. The van der Waals surface area contributed by atoms with Gasteiger partial charge in [0.25, 0.3) is 0 Å². The number of aromatic nitrogens is 1. The standard InChI is InChI=1S/C21H31BrFN3O3SSi/c1-20(2,3)17(29-9-11-31(5,6)7)26(19(27)28)18-25-21(4,8-10-30-18)15-12-14(22)13-24-16(15)23/h8,10,12-13,17H,9,11H2,1-7H3,(H,27,28)/t17-,21?/m0/s1. The molecular formula is C21H31BrFN3O3SSi. The summed E-state index contributed by atoms with van der Waals surface area (Å²) < 4.78 is 21.3. The number of halogens is 2. The minimum atomic E-state index is -1.35. The Kier molecular flexibility index (Phi) is 8.16. The maximum atomic E-state index is 14.5. The van der Waals surface area contributed by atoms with Gasteiger partial charge in [-0.25, -0.2) is 19.7 Å². The molecule has 0 spiro atoms. The molecule has 2 heterocycles. The number of aliphatic imine (C=N–C) groups is 1. The summed E-state index contributed by atoms with van der Waals surface area (Å²) in [5.74, 6) is -0.647. The minimum Gasteiger partial charge on any atom is -0.465 e. The molecule has 1 aliphatic heterocycles. The van der Waals surface area contributed by atoms with E-state index in [-0.39, 0.29) is 10.7 Å². The van der Waals surface area contributed by atoms with E-state index in [2.05, 4.69) is 45.5 Å². The van der Waals surface area contributed by atoms with Gasteiger partial charge in [-0.3, -0.25) is 0 Å². The van der Waals surface area contributed by atoms with Crippen molar-refractivity contribution in [1.82, 2.24) is 9.88 Å². The van der Waals surface area contributed by atoms with Crippen LogP contribution in [0.5, 0.6) is 0 Å². The lowest BCUT2D eigenvalue weighted by Gasteiger charge is -2.40. The van der Waals surface area contributed by atoms with E-state index in [1.54, 1.807) is 24.5 Å². The zero-order valence-electron chi connectivity index (χ0n) is 19.1. The Morgan fingerprint density at radius 2 is 2.06 bits per heavy atom. The summed E-state index contributed by atoms with van der Waals surface area (Å²) in [6.07, 6.45) is 1.21. The number of carboxylic acid groups (broad SMARTS) is 1. The van der Waals surface area contributed by atoms with Gasteiger partial charge in [-0.05, 0) is 46.4 Å². The molecular weight excluding hydrogens is 501 g/mol. The molecule has 2 atom stereocenters. The lowest BCUT2D eigenvalue weighted by atomic mass is 9.93. The highest BCUT2D eigenvalue weighted by atomic mass is 79.9. The number of hydrogen-bond donors (Lipinski definition) is 1. The third-order valence-corrected chi connectivity index (χ3v) is 7.67. The second-order valence-electron chi connectivity index (χ2n) is 10.0. The molecule has 0 aromatic carbocycles. The molecule has 172 valence electrons. The smallest absolute Gasteiger partial charge is 0.415 e. The molecule has 0 radical (unpaired) electrons. The zero-order valence-corrected chi connectivity index (χ0v) is 22.5.